The number of aromatic nitrogens is 3. The van der Waals surface area contributed by atoms with E-state index in [1.807, 2.05) is 62.1 Å². The zero-order chi connectivity index (χ0) is 34.6. The van der Waals surface area contributed by atoms with Gasteiger partial charge in [0.1, 0.15) is 29.2 Å². The monoisotopic (exact) mass is 684 g/mol. The number of piperazine rings is 1. The first-order valence-corrected chi connectivity index (χ1v) is 18.2. The van der Waals surface area contributed by atoms with Crippen molar-refractivity contribution in [3.05, 3.63) is 54.0 Å². The molecular formula is C39H46F2N6O3. The third-order valence-electron chi connectivity index (χ3n) is 11.1. The number of anilines is 1. The molecule has 0 aliphatic carbocycles. The van der Waals surface area contributed by atoms with Gasteiger partial charge in [-0.15, -0.1) is 0 Å². The molecule has 4 aliphatic heterocycles. The molecule has 0 radical (unpaired) electrons. The number of pyridine rings is 1. The summed E-state index contributed by atoms with van der Waals surface area (Å²) in [6, 6.07) is 11.7. The minimum atomic E-state index is -0.588. The van der Waals surface area contributed by atoms with Crippen LogP contribution in [-0.2, 0) is 11.2 Å². The van der Waals surface area contributed by atoms with Crippen molar-refractivity contribution < 1.29 is 23.0 Å². The summed E-state index contributed by atoms with van der Waals surface area (Å²) in [6.45, 7) is 8.88. The number of benzene rings is 2. The maximum Gasteiger partial charge on any atom is 0.410 e. The molecule has 2 unspecified atom stereocenters. The number of aryl methyl sites for hydroxylation is 1. The molecule has 8 rings (SSSR count). The van der Waals surface area contributed by atoms with Crippen molar-refractivity contribution in [2.45, 2.75) is 95.4 Å². The van der Waals surface area contributed by atoms with E-state index in [-0.39, 0.29) is 40.9 Å². The van der Waals surface area contributed by atoms with Crippen LogP contribution in [-0.4, -0.2) is 93.5 Å². The second-order valence-electron chi connectivity index (χ2n) is 15.5. The minimum absolute atomic E-state index is 0.0302. The minimum Gasteiger partial charge on any atom is -0.461 e. The van der Waals surface area contributed by atoms with Crippen LogP contribution in [0.5, 0.6) is 6.01 Å². The summed E-state index contributed by atoms with van der Waals surface area (Å²) in [5, 5.41) is 2.32. The third kappa shape index (κ3) is 5.91. The van der Waals surface area contributed by atoms with Crippen LogP contribution in [0.15, 0.2) is 42.6 Å². The lowest BCUT2D eigenvalue weighted by Crippen LogP contribution is -2.57. The van der Waals surface area contributed by atoms with Gasteiger partial charge in [-0.05, 0) is 102 Å². The summed E-state index contributed by atoms with van der Waals surface area (Å²) < 4.78 is 42.6. The number of nitrogens with zero attached hydrogens (tertiary/aromatic N) is 6. The van der Waals surface area contributed by atoms with Crippen LogP contribution in [0.4, 0.5) is 19.4 Å². The van der Waals surface area contributed by atoms with Crippen LogP contribution >= 0.6 is 0 Å². The molecule has 2 bridgehead atoms. The van der Waals surface area contributed by atoms with Gasteiger partial charge in [0.25, 0.3) is 0 Å². The van der Waals surface area contributed by atoms with Gasteiger partial charge in [-0.25, -0.2) is 9.18 Å². The average Bonchev–Trinajstić information content (AvgIpc) is 3.76. The van der Waals surface area contributed by atoms with E-state index in [0.29, 0.717) is 49.3 Å². The zero-order valence-electron chi connectivity index (χ0n) is 29.3. The van der Waals surface area contributed by atoms with E-state index in [2.05, 4.69) is 9.80 Å². The van der Waals surface area contributed by atoms with E-state index in [9.17, 15) is 9.18 Å². The molecule has 0 saturated carbocycles. The maximum absolute atomic E-state index is 17.1. The number of fused-ring (bicyclic) bond motifs is 5. The molecule has 0 N–H and O–H groups in total. The predicted octanol–water partition coefficient (Wildman–Crippen LogP) is 7.48. The molecular weight excluding hydrogens is 638 g/mol. The number of hydrogen-bond acceptors (Lipinski definition) is 8. The largest absolute Gasteiger partial charge is 0.461 e. The van der Waals surface area contributed by atoms with Gasteiger partial charge >= 0.3 is 12.1 Å². The van der Waals surface area contributed by atoms with E-state index in [1.165, 1.54) is 0 Å². The Hall–Kier alpha value is -4.12. The lowest BCUT2D eigenvalue weighted by molar-refractivity contribution is 0.0122. The number of ether oxygens (including phenoxy) is 2. The van der Waals surface area contributed by atoms with Crippen molar-refractivity contribution >= 4 is 33.6 Å². The van der Waals surface area contributed by atoms with Crippen LogP contribution in [0.2, 0.25) is 0 Å². The van der Waals surface area contributed by atoms with Crippen LogP contribution in [0.1, 0.15) is 71.3 Å². The highest BCUT2D eigenvalue weighted by Gasteiger charge is 2.46. The second-order valence-corrected chi connectivity index (χ2v) is 15.5. The predicted molar refractivity (Wildman–Crippen MR) is 190 cm³/mol. The Labute approximate surface area is 292 Å². The van der Waals surface area contributed by atoms with Gasteiger partial charge in [0.05, 0.1) is 29.7 Å². The van der Waals surface area contributed by atoms with Crippen molar-refractivity contribution in [3.63, 3.8) is 0 Å². The Kier molecular flexibility index (Phi) is 8.52. The first kappa shape index (κ1) is 33.0. The Morgan fingerprint density at radius 2 is 1.74 bits per heavy atom. The number of hydrogen-bond donors (Lipinski definition) is 0. The number of halogens is 2. The number of amides is 1. The molecule has 4 aromatic rings. The molecule has 2 atom stereocenters. The highest BCUT2D eigenvalue weighted by atomic mass is 19.1. The Morgan fingerprint density at radius 3 is 2.44 bits per heavy atom. The summed E-state index contributed by atoms with van der Waals surface area (Å²) in [5.41, 5.74) is 1.33. The zero-order valence-corrected chi connectivity index (χ0v) is 29.3. The fraction of sp³-hybridized carbons (Fsp3) is 0.538. The van der Waals surface area contributed by atoms with E-state index < -0.39 is 18.1 Å². The normalized spacial score (nSPS) is 21.7. The molecule has 4 saturated heterocycles. The first-order chi connectivity index (χ1) is 24.1. The number of alkyl halides is 1. The van der Waals surface area contributed by atoms with Crippen molar-refractivity contribution in [2.75, 3.05) is 44.4 Å². The highest BCUT2D eigenvalue weighted by Crippen LogP contribution is 2.41. The van der Waals surface area contributed by atoms with Gasteiger partial charge in [0, 0.05) is 24.8 Å². The molecule has 2 aromatic carbocycles. The molecule has 2 aromatic heterocycles. The summed E-state index contributed by atoms with van der Waals surface area (Å²) in [4.78, 5) is 34.2. The highest BCUT2D eigenvalue weighted by molar-refractivity contribution is 6.00. The maximum atomic E-state index is 17.1. The number of carbonyl (C=O) groups excluding carboxylic acids is 1. The van der Waals surface area contributed by atoms with Crippen molar-refractivity contribution in [1.82, 2.24) is 24.8 Å². The Morgan fingerprint density at radius 1 is 1.02 bits per heavy atom. The van der Waals surface area contributed by atoms with Crippen molar-refractivity contribution in [2.24, 2.45) is 0 Å². The van der Waals surface area contributed by atoms with Crippen LogP contribution < -0.4 is 9.64 Å². The first-order valence-electron chi connectivity index (χ1n) is 18.2. The van der Waals surface area contributed by atoms with E-state index in [0.717, 1.165) is 68.0 Å². The lowest BCUT2D eigenvalue weighted by atomic mass is 9.94. The van der Waals surface area contributed by atoms with Gasteiger partial charge in [0.2, 0.25) is 0 Å². The lowest BCUT2D eigenvalue weighted by Gasteiger charge is -2.42. The van der Waals surface area contributed by atoms with Crippen LogP contribution in [0.25, 0.3) is 32.9 Å². The van der Waals surface area contributed by atoms with E-state index in [1.54, 1.807) is 6.20 Å². The van der Waals surface area contributed by atoms with Gasteiger partial charge < -0.3 is 14.4 Å². The molecule has 4 fully saturated rings. The quantitative estimate of drug-likeness (QED) is 0.189. The molecule has 9 nitrogen and oxygen atoms in total. The fourth-order valence-corrected chi connectivity index (χ4v) is 8.95. The summed E-state index contributed by atoms with van der Waals surface area (Å²) >= 11 is 0. The van der Waals surface area contributed by atoms with E-state index in [4.69, 9.17) is 24.4 Å². The third-order valence-corrected chi connectivity index (χ3v) is 11.1. The Balaban J connectivity index is 1.20. The molecule has 50 heavy (non-hydrogen) atoms. The number of carbonyl (C=O) groups is 1. The van der Waals surface area contributed by atoms with Crippen molar-refractivity contribution in [1.29, 1.82) is 0 Å². The molecule has 0 spiro atoms. The number of rotatable bonds is 8. The second kappa shape index (κ2) is 12.9. The average molecular weight is 685 g/mol. The van der Waals surface area contributed by atoms with Crippen molar-refractivity contribution in [3.8, 4) is 17.3 Å². The molecule has 6 heterocycles. The summed E-state index contributed by atoms with van der Waals surface area (Å²) in [6.07, 6.45) is 8.43. The Bertz CT molecular complexity index is 1900. The summed E-state index contributed by atoms with van der Waals surface area (Å²) in [5.74, 6) is 0.0260. The van der Waals surface area contributed by atoms with Crippen LogP contribution in [0.3, 0.4) is 0 Å². The topological polar surface area (TPSA) is 83.9 Å². The molecule has 11 heteroatoms. The van der Waals surface area contributed by atoms with Gasteiger partial charge in [-0.3, -0.25) is 19.2 Å². The molecule has 4 aliphatic rings. The smallest absolute Gasteiger partial charge is 0.410 e. The summed E-state index contributed by atoms with van der Waals surface area (Å²) in [7, 11) is 0. The van der Waals surface area contributed by atoms with Gasteiger partial charge in [-0.1, -0.05) is 36.4 Å². The van der Waals surface area contributed by atoms with Gasteiger partial charge in [-0.2, -0.15) is 9.97 Å². The van der Waals surface area contributed by atoms with Gasteiger partial charge in [0.15, 0.2) is 5.82 Å². The van der Waals surface area contributed by atoms with E-state index >= 15 is 4.39 Å². The molecule has 1 amide bonds. The fourth-order valence-electron chi connectivity index (χ4n) is 8.95. The molecule has 264 valence electrons. The SMILES string of the molecule is CC(C)(C)OC(=O)N1C2CCC1CN(c1nc(OCC34CCCN3CCC4)nc3c(F)c(-c4cccc5cccc(CCCF)c45)ncc13)C2. The van der Waals surface area contributed by atoms with Crippen LogP contribution in [0, 0.1) is 5.82 Å². The standard InChI is InChI=1S/C39H46F2N6O3/c1-38(2,3)50-37(48)47-27-14-15-28(47)23-45(22-27)35-30-21-42-33(29-13-5-11-25-9-4-10-26(31(25)29)12-6-18-40)32(41)34(30)43-36(44-35)49-24-39-16-7-19-46(39)20-8-17-39/h4-5,9-11,13,21,27-28H,6-8,12,14-20,22-24H2,1-3H3.